The average molecular weight is 226 g/mol. The molecule has 15 heavy (non-hydrogen) atoms. The number of alkyl halides is 1. The molecule has 1 aromatic carbocycles. The van der Waals surface area contributed by atoms with Gasteiger partial charge in [-0.15, -0.1) is 11.6 Å². The maximum atomic E-state index is 9.71. The van der Waals surface area contributed by atoms with Crippen LogP contribution in [0.2, 0.25) is 0 Å². The Hall–Kier alpha value is -1.08. The normalized spacial score (nSPS) is 14.3. The summed E-state index contributed by atoms with van der Waals surface area (Å²) in [5.41, 5.74) is 1.71. The van der Waals surface area contributed by atoms with Gasteiger partial charge < -0.3 is 10.2 Å². The number of aliphatic hydroxyl groups is 2. The Morgan fingerprint density at radius 1 is 1.47 bits per heavy atom. The molecule has 2 atom stereocenters. The molecule has 0 radical (unpaired) electrons. The number of aryl methyl sites for hydroxylation is 1. The predicted molar refractivity (Wildman–Crippen MR) is 57.6 cm³/mol. The molecule has 0 aliphatic carbocycles. The van der Waals surface area contributed by atoms with Crippen molar-refractivity contribution in [2.24, 2.45) is 0 Å². The summed E-state index contributed by atoms with van der Waals surface area (Å²) in [7, 11) is 0. The topological polar surface area (TPSA) is 64.2 Å². The number of nitrogens with zero attached hydrogens (tertiary/aromatic N) is 1. The number of hydrogen-bond donors (Lipinski definition) is 2. The molecule has 0 saturated heterocycles. The second kappa shape index (κ2) is 5.13. The molecule has 1 aromatic rings. The molecular formula is C11H12ClNO2. The lowest BCUT2D eigenvalue weighted by atomic mass is 9.98. The Balaban J connectivity index is 3.09. The summed E-state index contributed by atoms with van der Waals surface area (Å²) in [5.74, 6) is -0.0695. The quantitative estimate of drug-likeness (QED) is 0.767. The molecule has 0 aliphatic rings. The second-order valence-electron chi connectivity index (χ2n) is 3.37. The molecule has 0 bridgehead atoms. The van der Waals surface area contributed by atoms with Crippen molar-refractivity contribution >= 4 is 11.6 Å². The Labute approximate surface area is 93.5 Å². The first-order valence-corrected chi connectivity index (χ1v) is 5.06. The van der Waals surface area contributed by atoms with Gasteiger partial charge in [0.1, 0.15) is 6.10 Å². The van der Waals surface area contributed by atoms with Crippen LogP contribution in [0.4, 0.5) is 0 Å². The first-order chi connectivity index (χ1) is 7.10. The van der Waals surface area contributed by atoms with Crippen LogP contribution in [-0.4, -0.2) is 22.2 Å². The molecule has 80 valence electrons. The van der Waals surface area contributed by atoms with Crippen molar-refractivity contribution in [3.8, 4) is 6.07 Å². The van der Waals surface area contributed by atoms with E-state index < -0.39 is 12.2 Å². The first kappa shape index (κ1) is 12.0. The third-order valence-electron chi connectivity index (χ3n) is 2.17. The number of aliphatic hydroxyl groups excluding tert-OH is 2. The minimum Gasteiger partial charge on any atom is -0.389 e. The summed E-state index contributed by atoms with van der Waals surface area (Å²) in [6, 6.07) is 7.06. The predicted octanol–water partition coefficient (Wildman–Crippen LogP) is 1.50. The van der Waals surface area contributed by atoms with Crippen LogP contribution in [0.3, 0.4) is 0 Å². The summed E-state index contributed by atoms with van der Waals surface area (Å²) in [6.45, 7) is 1.86. The molecule has 0 saturated carbocycles. The van der Waals surface area contributed by atoms with Gasteiger partial charge in [0.2, 0.25) is 0 Å². The summed E-state index contributed by atoms with van der Waals surface area (Å²) >= 11 is 5.43. The van der Waals surface area contributed by atoms with Crippen LogP contribution in [-0.2, 0) is 0 Å². The minimum atomic E-state index is -1.11. The smallest absolute Gasteiger partial charge is 0.107 e. The molecule has 0 amide bonds. The highest BCUT2D eigenvalue weighted by Gasteiger charge is 2.20. The highest BCUT2D eigenvalue weighted by Crippen LogP contribution is 2.22. The SMILES string of the molecule is Cc1ccc(C(O)C(O)CCl)c(C#N)c1. The lowest BCUT2D eigenvalue weighted by Crippen LogP contribution is -2.20. The zero-order valence-electron chi connectivity index (χ0n) is 8.31. The van der Waals surface area contributed by atoms with Crippen LogP contribution in [0.1, 0.15) is 22.8 Å². The molecule has 1 rings (SSSR count). The third kappa shape index (κ3) is 2.69. The fourth-order valence-corrected chi connectivity index (χ4v) is 1.49. The monoisotopic (exact) mass is 225 g/mol. The Morgan fingerprint density at radius 3 is 2.67 bits per heavy atom. The number of halogens is 1. The van der Waals surface area contributed by atoms with Crippen LogP contribution in [0.25, 0.3) is 0 Å². The third-order valence-corrected chi connectivity index (χ3v) is 2.49. The van der Waals surface area contributed by atoms with E-state index in [9.17, 15) is 10.2 Å². The van der Waals surface area contributed by atoms with Crippen LogP contribution in [0, 0.1) is 18.3 Å². The number of rotatable bonds is 3. The van der Waals surface area contributed by atoms with E-state index in [2.05, 4.69) is 0 Å². The van der Waals surface area contributed by atoms with E-state index in [4.69, 9.17) is 16.9 Å². The molecule has 0 spiro atoms. The summed E-state index contributed by atoms with van der Waals surface area (Å²) < 4.78 is 0. The molecule has 4 heteroatoms. The van der Waals surface area contributed by atoms with E-state index in [1.165, 1.54) is 0 Å². The van der Waals surface area contributed by atoms with Gasteiger partial charge in [0.15, 0.2) is 0 Å². The van der Waals surface area contributed by atoms with Crippen LogP contribution in [0.5, 0.6) is 0 Å². The lowest BCUT2D eigenvalue weighted by molar-refractivity contribution is 0.0325. The van der Waals surface area contributed by atoms with Crippen molar-refractivity contribution in [1.82, 2.24) is 0 Å². The van der Waals surface area contributed by atoms with E-state index >= 15 is 0 Å². The Bertz CT molecular complexity index is 387. The van der Waals surface area contributed by atoms with Gasteiger partial charge in [-0.2, -0.15) is 5.26 Å². The van der Waals surface area contributed by atoms with Gasteiger partial charge in [0, 0.05) is 5.56 Å². The van der Waals surface area contributed by atoms with Gasteiger partial charge in [-0.3, -0.25) is 0 Å². The van der Waals surface area contributed by atoms with Gasteiger partial charge in [-0.1, -0.05) is 12.1 Å². The van der Waals surface area contributed by atoms with Crippen molar-refractivity contribution in [3.05, 3.63) is 34.9 Å². The molecule has 3 nitrogen and oxygen atoms in total. The van der Waals surface area contributed by atoms with E-state index in [-0.39, 0.29) is 5.88 Å². The van der Waals surface area contributed by atoms with Gasteiger partial charge in [-0.25, -0.2) is 0 Å². The molecule has 0 heterocycles. The van der Waals surface area contributed by atoms with E-state index in [0.717, 1.165) is 5.56 Å². The van der Waals surface area contributed by atoms with Gasteiger partial charge in [0.05, 0.1) is 23.6 Å². The zero-order chi connectivity index (χ0) is 11.4. The first-order valence-electron chi connectivity index (χ1n) is 4.53. The van der Waals surface area contributed by atoms with Crippen LogP contribution >= 0.6 is 11.6 Å². The molecule has 0 aromatic heterocycles. The Morgan fingerprint density at radius 2 is 2.13 bits per heavy atom. The van der Waals surface area contributed by atoms with Gasteiger partial charge in [0.25, 0.3) is 0 Å². The van der Waals surface area contributed by atoms with Crippen molar-refractivity contribution in [2.75, 3.05) is 5.88 Å². The van der Waals surface area contributed by atoms with E-state index in [1.54, 1.807) is 18.2 Å². The summed E-state index contributed by atoms with van der Waals surface area (Å²) in [6.07, 6.45) is -2.17. The number of benzene rings is 1. The van der Waals surface area contributed by atoms with Crippen molar-refractivity contribution in [3.63, 3.8) is 0 Å². The largest absolute Gasteiger partial charge is 0.389 e. The van der Waals surface area contributed by atoms with Crippen LogP contribution < -0.4 is 0 Å². The van der Waals surface area contributed by atoms with Crippen LogP contribution in [0.15, 0.2) is 18.2 Å². The fraction of sp³-hybridized carbons (Fsp3) is 0.364. The molecule has 2 N–H and O–H groups in total. The Kier molecular flexibility index (Phi) is 4.10. The maximum Gasteiger partial charge on any atom is 0.107 e. The minimum absolute atomic E-state index is 0.0695. The highest BCUT2D eigenvalue weighted by molar-refractivity contribution is 6.18. The van der Waals surface area contributed by atoms with Gasteiger partial charge >= 0.3 is 0 Å². The lowest BCUT2D eigenvalue weighted by Gasteiger charge is -2.17. The zero-order valence-corrected chi connectivity index (χ0v) is 9.07. The second-order valence-corrected chi connectivity index (χ2v) is 3.68. The standard InChI is InChI=1S/C11H12ClNO2/c1-7-2-3-9(8(4-7)6-13)11(15)10(14)5-12/h2-4,10-11,14-15H,5H2,1H3. The van der Waals surface area contributed by atoms with Gasteiger partial charge in [-0.05, 0) is 18.6 Å². The van der Waals surface area contributed by atoms with E-state index in [1.807, 2.05) is 13.0 Å². The van der Waals surface area contributed by atoms with E-state index in [0.29, 0.717) is 11.1 Å². The van der Waals surface area contributed by atoms with Crippen molar-refractivity contribution in [1.29, 1.82) is 5.26 Å². The molecule has 0 aliphatic heterocycles. The summed E-state index contributed by atoms with van der Waals surface area (Å²) in [4.78, 5) is 0. The molecular weight excluding hydrogens is 214 g/mol. The van der Waals surface area contributed by atoms with Crippen molar-refractivity contribution < 1.29 is 10.2 Å². The maximum absolute atomic E-state index is 9.71. The summed E-state index contributed by atoms with van der Waals surface area (Å²) in [5, 5.41) is 28.0. The molecule has 0 fully saturated rings. The van der Waals surface area contributed by atoms with Crippen molar-refractivity contribution in [2.45, 2.75) is 19.1 Å². The average Bonchev–Trinajstić information content (AvgIpc) is 2.26. The highest BCUT2D eigenvalue weighted by atomic mass is 35.5. The number of hydrogen-bond acceptors (Lipinski definition) is 3. The fourth-order valence-electron chi connectivity index (χ4n) is 1.32. The number of nitriles is 1. The molecule has 2 unspecified atom stereocenters.